The molecule has 132 valence electrons. The molecule has 8 heteroatoms. The fraction of sp³-hybridized carbons (Fsp3) is 0.235. The summed E-state index contributed by atoms with van der Waals surface area (Å²) in [5.74, 6) is 0.528. The minimum atomic E-state index is -0.638. The lowest BCUT2D eigenvalue weighted by molar-refractivity contribution is -0.384. The third-order valence-corrected chi connectivity index (χ3v) is 3.53. The van der Waals surface area contributed by atoms with E-state index in [1.807, 2.05) is 13.8 Å². The van der Waals surface area contributed by atoms with Gasteiger partial charge in [0, 0.05) is 17.7 Å². The van der Waals surface area contributed by atoms with Crippen LogP contribution in [0.2, 0.25) is 5.02 Å². The summed E-state index contributed by atoms with van der Waals surface area (Å²) >= 11 is 5.77. The highest BCUT2D eigenvalue weighted by Crippen LogP contribution is 2.31. The molecule has 0 bridgehead atoms. The molecule has 25 heavy (non-hydrogen) atoms. The highest BCUT2D eigenvalue weighted by Gasteiger charge is 2.17. The van der Waals surface area contributed by atoms with Crippen molar-refractivity contribution in [3.63, 3.8) is 0 Å². The summed E-state index contributed by atoms with van der Waals surface area (Å²) in [4.78, 5) is 22.8. The van der Waals surface area contributed by atoms with Crippen molar-refractivity contribution < 1.29 is 19.2 Å². The molecule has 0 atom stereocenters. The van der Waals surface area contributed by atoms with Gasteiger partial charge in [-0.05, 0) is 38.1 Å². The molecule has 0 aliphatic heterocycles. The van der Waals surface area contributed by atoms with Crippen LogP contribution in [0.1, 0.15) is 24.2 Å². The zero-order valence-corrected chi connectivity index (χ0v) is 14.5. The standard InChI is InChI=1S/C17H17ClN2O5/c1-3-24-12-6-8-16(25-4-2)14(10-12)19-17(21)11-5-7-13(18)15(9-11)20(22)23/h5-10H,3-4H2,1-2H3,(H,19,21). The van der Waals surface area contributed by atoms with Crippen LogP contribution in [0.15, 0.2) is 36.4 Å². The van der Waals surface area contributed by atoms with Crippen molar-refractivity contribution in [2.24, 2.45) is 0 Å². The summed E-state index contributed by atoms with van der Waals surface area (Å²) in [6.45, 7) is 4.57. The fourth-order valence-corrected chi connectivity index (χ4v) is 2.32. The number of halogens is 1. The first-order valence-electron chi connectivity index (χ1n) is 7.61. The molecular formula is C17H17ClN2O5. The monoisotopic (exact) mass is 364 g/mol. The number of ether oxygens (including phenoxy) is 2. The Morgan fingerprint density at radius 2 is 1.88 bits per heavy atom. The van der Waals surface area contributed by atoms with Gasteiger partial charge in [0.2, 0.25) is 0 Å². The van der Waals surface area contributed by atoms with Crippen LogP contribution in [0, 0.1) is 10.1 Å². The van der Waals surface area contributed by atoms with Gasteiger partial charge >= 0.3 is 0 Å². The topological polar surface area (TPSA) is 90.7 Å². The molecule has 0 saturated carbocycles. The number of nitrogens with one attached hydrogen (secondary N) is 1. The Labute approximate surface area is 149 Å². The maximum Gasteiger partial charge on any atom is 0.288 e. The van der Waals surface area contributed by atoms with Gasteiger partial charge in [0.1, 0.15) is 16.5 Å². The van der Waals surface area contributed by atoms with Crippen LogP contribution in [-0.4, -0.2) is 24.0 Å². The van der Waals surface area contributed by atoms with E-state index in [9.17, 15) is 14.9 Å². The minimum Gasteiger partial charge on any atom is -0.494 e. The molecule has 0 aliphatic carbocycles. The average molecular weight is 365 g/mol. The molecule has 2 rings (SSSR count). The first kappa shape index (κ1) is 18.5. The smallest absolute Gasteiger partial charge is 0.288 e. The van der Waals surface area contributed by atoms with Crippen molar-refractivity contribution in [3.05, 3.63) is 57.1 Å². The van der Waals surface area contributed by atoms with Gasteiger partial charge in [0.15, 0.2) is 0 Å². The van der Waals surface area contributed by atoms with Gasteiger partial charge in [-0.15, -0.1) is 0 Å². The number of benzene rings is 2. The second-order valence-electron chi connectivity index (χ2n) is 4.90. The zero-order valence-electron chi connectivity index (χ0n) is 13.7. The van der Waals surface area contributed by atoms with Crippen LogP contribution >= 0.6 is 11.6 Å². The van der Waals surface area contributed by atoms with Crippen LogP contribution < -0.4 is 14.8 Å². The summed E-state index contributed by atoms with van der Waals surface area (Å²) in [6, 6.07) is 8.92. The first-order valence-corrected chi connectivity index (χ1v) is 7.99. The molecule has 0 unspecified atom stereocenters. The number of carbonyl (C=O) groups excluding carboxylic acids is 1. The van der Waals surface area contributed by atoms with Crippen molar-refractivity contribution in [1.82, 2.24) is 0 Å². The number of hydrogen-bond acceptors (Lipinski definition) is 5. The lowest BCUT2D eigenvalue weighted by Gasteiger charge is -2.13. The second-order valence-corrected chi connectivity index (χ2v) is 5.31. The van der Waals surface area contributed by atoms with Gasteiger partial charge in [-0.25, -0.2) is 0 Å². The molecule has 0 aliphatic rings. The van der Waals surface area contributed by atoms with Crippen molar-refractivity contribution >= 4 is 28.9 Å². The lowest BCUT2D eigenvalue weighted by Crippen LogP contribution is -2.13. The fourth-order valence-electron chi connectivity index (χ4n) is 2.13. The van der Waals surface area contributed by atoms with E-state index >= 15 is 0 Å². The largest absolute Gasteiger partial charge is 0.494 e. The van der Waals surface area contributed by atoms with E-state index in [0.29, 0.717) is 30.4 Å². The molecule has 1 N–H and O–H groups in total. The molecule has 2 aromatic rings. The Bertz CT molecular complexity index is 795. The van der Waals surface area contributed by atoms with Crippen LogP contribution in [0.3, 0.4) is 0 Å². The van der Waals surface area contributed by atoms with Crippen LogP contribution in [0.25, 0.3) is 0 Å². The lowest BCUT2D eigenvalue weighted by atomic mass is 10.1. The van der Waals surface area contributed by atoms with Gasteiger partial charge in [0.25, 0.3) is 11.6 Å². The van der Waals surface area contributed by atoms with Gasteiger partial charge in [-0.1, -0.05) is 11.6 Å². The molecule has 7 nitrogen and oxygen atoms in total. The molecule has 0 fully saturated rings. The predicted molar refractivity (Wildman–Crippen MR) is 94.8 cm³/mol. The van der Waals surface area contributed by atoms with E-state index in [0.717, 1.165) is 6.07 Å². The third-order valence-electron chi connectivity index (χ3n) is 3.22. The number of hydrogen-bond donors (Lipinski definition) is 1. The van der Waals surface area contributed by atoms with Gasteiger partial charge in [-0.2, -0.15) is 0 Å². The highest BCUT2D eigenvalue weighted by molar-refractivity contribution is 6.32. The molecule has 2 aromatic carbocycles. The molecule has 0 heterocycles. The van der Waals surface area contributed by atoms with Crippen LogP contribution in [0.4, 0.5) is 11.4 Å². The number of rotatable bonds is 7. The van der Waals surface area contributed by atoms with Crippen molar-refractivity contribution in [3.8, 4) is 11.5 Å². The molecule has 0 radical (unpaired) electrons. The molecule has 0 spiro atoms. The zero-order chi connectivity index (χ0) is 18.4. The summed E-state index contributed by atoms with van der Waals surface area (Å²) in [5.41, 5.74) is 0.193. The molecule has 1 amide bonds. The minimum absolute atomic E-state index is 0.0325. The normalized spacial score (nSPS) is 10.2. The summed E-state index contributed by atoms with van der Waals surface area (Å²) in [5, 5.41) is 13.6. The number of nitrogens with zero attached hydrogens (tertiary/aromatic N) is 1. The molecule has 0 aromatic heterocycles. The van der Waals surface area contributed by atoms with E-state index < -0.39 is 10.8 Å². The number of amides is 1. The molecule has 0 saturated heterocycles. The van der Waals surface area contributed by atoms with E-state index in [1.165, 1.54) is 12.1 Å². The predicted octanol–water partition coefficient (Wildman–Crippen LogP) is 4.30. The SMILES string of the molecule is CCOc1ccc(OCC)c(NC(=O)c2ccc(Cl)c([N+](=O)[O-])c2)c1. The maximum absolute atomic E-state index is 12.5. The van der Waals surface area contributed by atoms with Gasteiger partial charge in [-0.3, -0.25) is 14.9 Å². The second kappa shape index (κ2) is 8.34. The number of nitro benzene ring substituents is 1. The van der Waals surface area contributed by atoms with Gasteiger partial charge in [0.05, 0.1) is 23.8 Å². The average Bonchev–Trinajstić information content (AvgIpc) is 2.57. The van der Waals surface area contributed by atoms with Crippen molar-refractivity contribution in [2.75, 3.05) is 18.5 Å². The Morgan fingerprint density at radius 1 is 1.16 bits per heavy atom. The first-order chi connectivity index (χ1) is 12.0. The van der Waals surface area contributed by atoms with Gasteiger partial charge < -0.3 is 14.8 Å². The number of carbonyl (C=O) groups is 1. The third kappa shape index (κ3) is 4.60. The summed E-state index contributed by atoms with van der Waals surface area (Å²) in [7, 11) is 0. The Kier molecular flexibility index (Phi) is 6.19. The van der Waals surface area contributed by atoms with E-state index in [1.54, 1.807) is 18.2 Å². The Balaban J connectivity index is 2.31. The summed E-state index contributed by atoms with van der Waals surface area (Å²) in [6.07, 6.45) is 0. The number of nitro groups is 1. The molecular weight excluding hydrogens is 348 g/mol. The number of anilines is 1. The summed E-state index contributed by atoms with van der Waals surface area (Å²) < 4.78 is 10.9. The van der Waals surface area contributed by atoms with E-state index in [-0.39, 0.29) is 16.3 Å². The maximum atomic E-state index is 12.5. The van der Waals surface area contributed by atoms with Crippen molar-refractivity contribution in [2.45, 2.75) is 13.8 Å². The quantitative estimate of drug-likeness (QED) is 0.584. The van der Waals surface area contributed by atoms with Crippen molar-refractivity contribution in [1.29, 1.82) is 0 Å². The van der Waals surface area contributed by atoms with E-state index in [4.69, 9.17) is 21.1 Å². The van der Waals surface area contributed by atoms with E-state index in [2.05, 4.69) is 5.32 Å². The Hall–Kier alpha value is -2.80. The van der Waals surface area contributed by atoms with Crippen LogP contribution in [-0.2, 0) is 0 Å². The highest BCUT2D eigenvalue weighted by atomic mass is 35.5. The van der Waals surface area contributed by atoms with Crippen LogP contribution in [0.5, 0.6) is 11.5 Å². The Morgan fingerprint density at radius 3 is 2.52 bits per heavy atom.